The molecule has 3 rings (SSSR count). The number of carbonyl (C=O) groups is 1. The van der Waals surface area contributed by atoms with Gasteiger partial charge in [-0.3, -0.25) is 19.3 Å². The highest BCUT2D eigenvalue weighted by Crippen LogP contribution is 2.27. The number of aryl methyl sites for hydroxylation is 2. The van der Waals surface area contributed by atoms with Crippen molar-refractivity contribution in [2.75, 3.05) is 5.32 Å². The molecule has 0 saturated heterocycles. The molecule has 26 heavy (non-hydrogen) atoms. The van der Waals surface area contributed by atoms with Gasteiger partial charge in [0.1, 0.15) is 11.3 Å². The van der Waals surface area contributed by atoms with Gasteiger partial charge in [-0.15, -0.1) is 0 Å². The van der Waals surface area contributed by atoms with E-state index in [9.17, 15) is 14.9 Å². The summed E-state index contributed by atoms with van der Waals surface area (Å²) in [5, 5.41) is 13.7. The third-order valence-corrected chi connectivity index (χ3v) is 4.26. The Morgan fingerprint density at radius 1 is 1.35 bits per heavy atom. The molecule has 1 N–H and O–H groups in total. The van der Waals surface area contributed by atoms with E-state index in [0.717, 1.165) is 12.0 Å². The number of non-ortho nitro benzene ring substituents is 1. The molecule has 134 valence electrons. The number of benzene rings is 1. The Balaban J connectivity index is 2.01. The summed E-state index contributed by atoms with van der Waals surface area (Å²) in [5.41, 5.74) is 3.02. The zero-order valence-electron chi connectivity index (χ0n) is 14.3. The third-order valence-electron chi connectivity index (χ3n) is 3.95. The molecule has 8 heteroatoms. The first-order valence-corrected chi connectivity index (χ1v) is 8.51. The highest BCUT2D eigenvalue weighted by Gasteiger charge is 2.20. The number of hydrogen-bond donors (Lipinski definition) is 1. The maximum Gasteiger partial charge on any atom is 0.274 e. The van der Waals surface area contributed by atoms with Crippen LogP contribution in [0.25, 0.3) is 5.65 Å². The number of hydrogen-bond acceptors (Lipinski definition) is 4. The summed E-state index contributed by atoms with van der Waals surface area (Å²) < 4.78 is 1.76. The second kappa shape index (κ2) is 7.13. The summed E-state index contributed by atoms with van der Waals surface area (Å²) in [7, 11) is 0. The van der Waals surface area contributed by atoms with Crippen molar-refractivity contribution in [2.24, 2.45) is 0 Å². The highest BCUT2D eigenvalue weighted by atomic mass is 35.5. The van der Waals surface area contributed by atoms with Crippen LogP contribution in [0.1, 0.15) is 35.1 Å². The van der Waals surface area contributed by atoms with E-state index in [0.29, 0.717) is 29.1 Å². The van der Waals surface area contributed by atoms with Crippen LogP contribution in [0, 0.1) is 17.0 Å². The fourth-order valence-electron chi connectivity index (χ4n) is 2.75. The lowest BCUT2D eigenvalue weighted by Gasteiger charge is -2.09. The molecule has 0 spiro atoms. The first-order chi connectivity index (χ1) is 12.4. The maximum absolute atomic E-state index is 12.9. The van der Waals surface area contributed by atoms with E-state index in [-0.39, 0.29) is 16.6 Å². The molecule has 0 saturated carbocycles. The Morgan fingerprint density at radius 3 is 2.77 bits per heavy atom. The van der Waals surface area contributed by atoms with E-state index in [1.54, 1.807) is 4.40 Å². The number of rotatable bonds is 5. The van der Waals surface area contributed by atoms with Gasteiger partial charge in [-0.25, -0.2) is 4.98 Å². The summed E-state index contributed by atoms with van der Waals surface area (Å²) in [6.07, 6.45) is 3.37. The third kappa shape index (κ3) is 3.39. The molecule has 2 aromatic heterocycles. The van der Waals surface area contributed by atoms with Crippen LogP contribution in [0.4, 0.5) is 11.4 Å². The van der Waals surface area contributed by atoms with Gasteiger partial charge in [0.15, 0.2) is 0 Å². The first kappa shape index (κ1) is 17.9. The smallest absolute Gasteiger partial charge is 0.274 e. The second-order valence-corrected chi connectivity index (χ2v) is 6.37. The van der Waals surface area contributed by atoms with Crippen LogP contribution in [0.15, 0.2) is 36.5 Å². The Labute approximate surface area is 154 Å². The molecular weight excluding hydrogens is 356 g/mol. The zero-order chi connectivity index (χ0) is 18.8. The van der Waals surface area contributed by atoms with Crippen molar-refractivity contribution in [3.05, 3.63) is 68.6 Å². The van der Waals surface area contributed by atoms with E-state index in [2.05, 4.69) is 10.3 Å². The van der Waals surface area contributed by atoms with E-state index >= 15 is 0 Å². The molecule has 0 aliphatic carbocycles. The first-order valence-electron chi connectivity index (χ1n) is 8.13. The predicted octanol–water partition coefficient (Wildman–Crippen LogP) is 4.41. The van der Waals surface area contributed by atoms with Crippen LogP contribution in [0.2, 0.25) is 5.02 Å². The molecule has 0 bridgehead atoms. The molecule has 0 aliphatic heterocycles. The number of nitrogens with one attached hydrogen (secondary N) is 1. The number of carbonyl (C=O) groups excluding carboxylic acids is 1. The molecule has 3 aromatic rings. The normalized spacial score (nSPS) is 10.9. The predicted molar refractivity (Wildman–Crippen MR) is 100.0 cm³/mol. The summed E-state index contributed by atoms with van der Waals surface area (Å²) >= 11 is 6.08. The van der Waals surface area contributed by atoms with E-state index in [4.69, 9.17) is 11.6 Å². The Bertz CT molecular complexity index is 1010. The van der Waals surface area contributed by atoms with Crippen molar-refractivity contribution >= 4 is 34.5 Å². The second-order valence-electron chi connectivity index (χ2n) is 5.97. The van der Waals surface area contributed by atoms with Crippen LogP contribution >= 0.6 is 11.6 Å². The molecule has 1 amide bonds. The quantitative estimate of drug-likeness (QED) is 0.530. The number of nitro groups is 1. The minimum absolute atomic E-state index is 0.106. The van der Waals surface area contributed by atoms with Gasteiger partial charge in [0.05, 0.1) is 21.3 Å². The van der Waals surface area contributed by atoms with Crippen molar-refractivity contribution in [1.82, 2.24) is 9.38 Å². The fraction of sp³-hybridized carbons (Fsp3) is 0.222. The molecule has 7 nitrogen and oxygen atoms in total. The molecule has 0 aliphatic rings. The summed E-state index contributed by atoms with van der Waals surface area (Å²) in [6, 6.07) is 7.74. The number of halogens is 1. The number of amides is 1. The summed E-state index contributed by atoms with van der Waals surface area (Å²) in [4.78, 5) is 27.7. The van der Waals surface area contributed by atoms with Crippen molar-refractivity contribution in [3.63, 3.8) is 0 Å². The number of imidazole rings is 1. The minimum Gasteiger partial charge on any atom is -0.319 e. The van der Waals surface area contributed by atoms with Crippen molar-refractivity contribution < 1.29 is 9.72 Å². The summed E-state index contributed by atoms with van der Waals surface area (Å²) in [5.74, 6) is -0.359. The van der Waals surface area contributed by atoms with Gasteiger partial charge in [0.25, 0.3) is 11.6 Å². The molecule has 0 atom stereocenters. The van der Waals surface area contributed by atoms with Gasteiger partial charge >= 0.3 is 0 Å². The summed E-state index contributed by atoms with van der Waals surface area (Å²) in [6.45, 7) is 3.96. The van der Waals surface area contributed by atoms with Crippen LogP contribution in [-0.4, -0.2) is 20.2 Å². The van der Waals surface area contributed by atoms with Crippen molar-refractivity contribution in [3.8, 4) is 0 Å². The topological polar surface area (TPSA) is 89.5 Å². The average molecular weight is 373 g/mol. The molecule has 0 unspecified atom stereocenters. The average Bonchev–Trinajstić information content (AvgIpc) is 2.94. The van der Waals surface area contributed by atoms with Gasteiger partial charge in [-0.2, -0.15) is 0 Å². The number of fused-ring (bicyclic) bond motifs is 1. The number of nitrogens with zero attached hydrogens (tertiary/aromatic N) is 3. The number of pyridine rings is 1. The van der Waals surface area contributed by atoms with Crippen LogP contribution in [0.3, 0.4) is 0 Å². The molecular formula is C18H17ClN4O3. The molecule has 0 radical (unpaired) electrons. The molecule has 2 heterocycles. The lowest BCUT2D eigenvalue weighted by molar-refractivity contribution is -0.384. The Hall–Kier alpha value is -2.93. The minimum atomic E-state index is -0.538. The number of nitro benzene ring substituents is 1. The van der Waals surface area contributed by atoms with E-state index < -0.39 is 4.92 Å². The Kier molecular flexibility index (Phi) is 4.90. The Morgan fingerprint density at radius 2 is 2.12 bits per heavy atom. The van der Waals surface area contributed by atoms with Gasteiger partial charge in [-0.05, 0) is 31.0 Å². The van der Waals surface area contributed by atoms with Crippen molar-refractivity contribution in [2.45, 2.75) is 26.7 Å². The standard InChI is InChI=1S/C18H17ClN4O3/c1-3-4-15-17(22-10-11(2)5-8-16(22)20-15)18(24)21-14-7-6-12(23(25)26)9-13(14)19/h5-10H,3-4H2,1-2H3,(H,21,24). The highest BCUT2D eigenvalue weighted by molar-refractivity contribution is 6.34. The van der Waals surface area contributed by atoms with Gasteiger partial charge in [-0.1, -0.05) is 31.0 Å². The molecule has 0 fully saturated rings. The van der Waals surface area contributed by atoms with Crippen molar-refractivity contribution in [1.29, 1.82) is 0 Å². The fourth-order valence-corrected chi connectivity index (χ4v) is 2.97. The SMILES string of the molecule is CCCc1nc2ccc(C)cn2c1C(=O)Nc1ccc([N+](=O)[O-])cc1Cl. The number of aromatic nitrogens is 2. The van der Waals surface area contributed by atoms with Gasteiger partial charge in [0.2, 0.25) is 0 Å². The largest absolute Gasteiger partial charge is 0.319 e. The lowest BCUT2D eigenvalue weighted by Crippen LogP contribution is -2.17. The van der Waals surface area contributed by atoms with Crippen LogP contribution in [0.5, 0.6) is 0 Å². The maximum atomic E-state index is 12.9. The monoisotopic (exact) mass is 372 g/mol. The van der Waals surface area contributed by atoms with E-state index in [1.165, 1.54) is 18.2 Å². The number of anilines is 1. The lowest BCUT2D eigenvalue weighted by atomic mass is 10.2. The molecule has 1 aromatic carbocycles. The van der Waals surface area contributed by atoms with Crippen LogP contribution < -0.4 is 5.32 Å². The van der Waals surface area contributed by atoms with E-state index in [1.807, 2.05) is 32.2 Å². The van der Waals surface area contributed by atoms with Crippen LogP contribution in [-0.2, 0) is 6.42 Å². The zero-order valence-corrected chi connectivity index (χ0v) is 15.1. The van der Waals surface area contributed by atoms with Gasteiger partial charge < -0.3 is 5.32 Å². The van der Waals surface area contributed by atoms with Gasteiger partial charge in [0, 0.05) is 18.3 Å².